The Bertz CT molecular complexity index is 319. The molecule has 0 saturated carbocycles. The molecule has 2 unspecified atom stereocenters. The quantitative estimate of drug-likeness (QED) is 0.356. The summed E-state index contributed by atoms with van der Waals surface area (Å²) in [5.41, 5.74) is -1.97. The van der Waals surface area contributed by atoms with Crippen molar-refractivity contribution in [3.63, 3.8) is 0 Å². The van der Waals surface area contributed by atoms with Crippen LogP contribution < -0.4 is 0 Å². The summed E-state index contributed by atoms with van der Waals surface area (Å²) in [4.78, 5) is 23.2. The monoisotopic (exact) mass is 318 g/mol. The molecule has 0 aliphatic carbocycles. The van der Waals surface area contributed by atoms with Crippen LogP contribution in [0.15, 0.2) is 0 Å². The maximum atomic E-state index is 11.7. The first-order valence-electron chi connectivity index (χ1n) is 8.08. The van der Waals surface area contributed by atoms with Crippen LogP contribution in [0.1, 0.15) is 78.1 Å². The van der Waals surface area contributed by atoms with Gasteiger partial charge in [-0.25, -0.2) is 4.79 Å². The molecule has 0 saturated heterocycles. The van der Waals surface area contributed by atoms with Gasteiger partial charge < -0.3 is 10.2 Å². The number of hydrogen-bond acceptors (Lipinski definition) is 3. The summed E-state index contributed by atoms with van der Waals surface area (Å²) >= 11 is 3.81. The predicted octanol–water partition coefficient (Wildman–Crippen LogP) is 3.82. The van der Waals surface area contributed by atoms with Gasteiger partial charge in [0.15, 0.2) is 10.7 Å². The van der Waals surface area contributed by atoms with Crippen LogP contribution in [0.25, 0.3) is 0 Å². The van der Waals surface area contributed by atoms with Crippen molar-refractivity contribution < 1.29 is 19.8 Å². The van der Waals surface area contributed by atoms with Gasteiger partial charge in [-0.15, -0.1) is 12.6 Å². The normalized spacial score (nSPS) is 15.4. The van der Waals surface area contributed by atoms with Gasteiger partial charge in [-0.05, 0) is 19.3 Å². The lowest BCUT2D eigenvalue weighted by Crippen LogP contribution is -2.48. The van der Waals surface area contributed by atoms with Gasteiger partial charge in [0.05, 0.1) is 5.92 Å². The molecular weight excluding hydrogens is 288 g/mol. The van der Waals surface area contributed by atoms with Gasteiger partial charge >= 0.3 is 5.97 Å². The summed E-state index contributed by atoms with van der Waals surface area (Å²) in [7, 11) is 0. The zero-order valence-corrected chi connectivity index (χ0v) is 14.2. The van der Waals surface area contributed by atoms with Crippen LogP contribution in [0.5, 0.6) is 0 Å². The Hall–Kier alpha value is -0.550. The molecule has 124 valence electrons. The molecule has 0 aromatic rings. The van der Waals surface area contributed by atoms with Gasteiger partial charge in [-0.3, -0.25) is 4.79 Å². The maximum absolute atomic E-state index is 11.7. The van der Waals surface area contributed by atoms with Gasteiger partial charge in [0, 0.05) is 0 Å². The number of aliphatic hydroxyl groups is 1. The van der Waals surface area contributed by atoms with Crippen molar-refractivity contribution in [3.8, 4) is 0 Å². The maximum Gasteiger partial charge on any atom is 0.336 e. The minimum atomic E-state index is -1.97. The second-order valence-corrected chi connectivity index (χ2v) is 6.22. The number of carbonyl (C=O) groups is 2. The smallest absolute Gasteiger partial charge is 0.336 e. The van der Waals surface area contributed by atoms with Crippen molar-refractivity contribution in [1.29, 1.82) is 0 Å². The van der Waals surface area contributed by atoms with E-state index in [-0.39, 0.29) is 6.42 Å². The first-order chi connectivity index (χ1) is 9.90. The molecule has 0 fully saturated rings. The largest absolute Gasteiger partial charge is 0.479 e. The fourth-order valence-corrected chi connectivity index (χ4v) is 2.94. The van der Waals surface area contributed by atoms with E-state index in [0.717, 1.165) is 44.9 Å². The standard InChI is InChI=1S/C16H30O4S/c1-3-5-7-9-11-13(14(17)21)16(20,15(18)19)12-10-8-6-4-2/h13,20H,3-12H2,1-2H3,(H,17,21)(H,18,19). The Morgan fingerprint density at radius 1 is 1.00 bits per heavy atom. The van der Waals surface area contributed by atoms with E-state index in [4.69, 9.17) is 0 Å². The number of thiol groups is 1. The summed E-state index contributed by atoms with van der Waals surface area (Å²) in [5.74, 6) is -2.22. The van der Waals surface area contributed by atoms with Crippen LogP contribution in [0.3, 0.4) is 0 Å². The molecule has 0 aliphatic heterocycles. The molecule has 0 rings (SSSR count). The fourth-order valence-electron chi connectivity index (χ4n) is 2.59. The van der Waals surface area contributed by atoms with E-state index in [1.807, 2.05) is 0 Å². The highest BCUT2D eigenvalue weighted by Gasteiger charge is 2.45. The molecule has 2 N–H and O–H groups in total. The first-order valence-corrected chi connectivity index (χ1v) is 8.53. The summed E-state index contributed by atoms with van der Waals surface area (Å²) < 4.78 is 0. The third-order valence-corrected chi connectivity index (χ3v) is 4.31. The van der Waals surface area contributed by atoms with Crippen molar-refractivity contribution in [2.45, 2.75) is 83.7 Å². The lowest BCUT2D eigenvalue weighted by molar-refractivity contribution is -0.168. The number of unbranched alkanes of at least 4 members (excludes halogenated alkanes) is 6. The molecule has 0 amide bonds. The number of rotatable bonds is 13. The Kier molecular flexibility index (Phi) is 10.8. The molecule has 0 aliphatic rings. The van der Waals surface area contributed by atoms with Crippen molar-refractivity contribution >= 4 is 23.7 Å². The summed E-state index contributed by atoms with van der Waals surface area (Å²) in [5, 5.41) is 19.4. The van der Waals surface area contributed by atoms with Crippen LogP contribution in [-0.4, -0.2) is 26.9 Å². The second-order valence-electron chi connectivity index (χ2n) is 5.78. The van der Waals surface area contributed by atoms with Crippen LogP contribution in [0.4, 0.5) is 0 Å². The molecule has 21 heavy (non-hydrogen) atoms. The number of carbonyl (C=O) groups excluding carboxylic acids is 1. The third-order valence-electron chi connectivity index (χ3n) is 4.00. The van der Waals surface area contributed by atoms with Crippen LogP contribution in [-0.2, 0) is 9.59 Å². The summed E-state index contributed by atoms with van der Waals surface area (Å²) in [6.45, 7) is 4.15. The molecule has 2 atom stereocenters. The highest BCUT2D eigenvalue weighted by molar-refractivity contribution is 7.96. The zero-order valence-electron chi connectivity index (χ0n) is 13.3. The fraction of sp³-hybridized carbons (Fsp3) is 0.875. The molecular formula is C16H30O4S. The molecule has 0 aromatic carbocycles. The Balaban J connectivity index is 4.72. The van der Waals surface area contributed by atoms with Crippen LogP contribution >= 0.6 is 12.6 Å². The second kappa shape index (κ2) is 11.1. The van der Waals surface area contributed by atoms with E-state index in [2.05, 4.69) is 26.5 Å². The zero-order chi connectivity index (χ0) is 16.3. The van der Waals surface area contributed by atoms with Gasteiger partial charge in [0.25, 0.3) is 0 Å². The van der Waals surface area contributed by atoms with E-state index < -0.39 is 22.6 Å². The van der Waals surface area contributed by atoms with E-state index in [1.165, 1.54) is 0 Å². The Labute approximate surface area is 133 Å². The van der Waals surface area contributed by atoms with Crippen molar-refractivity contribution in [2.24, 2.45) is 5.92 Å². The average molecular weight is 318 g/mol. The molecule has 5 heteroatoms. The minimum Gasteiger partial charge on any atom is -0.479 e. The lowest BCUT2D eigenvalue weighted by Gasteiger charge is -2.30. The highest BCUT2D eigenvalue weighted by atomic mass is 32.1. The number of aliphatic carboxylic acids is 1. The lowest BCUT2D eigenvalue weighted by atomic mass is 9.80. The molecule has 0 spiro atoms. The molecule has 0 radical (unpaired) electrons. The van der Waals surface area contributed by atoms with E-state index in [0.29, 0.717) is 12.8 Å². The number of carboxylic acids is 1. The van der Waals surface area contributed by atoms with Gasteiger partial charge in [0.1, 0.15) is 0 Å². The van der Waals surface area contributed by atoms with E-state index >= 15 is 0 Å². The number of hydrogen-bond donors (Lipinski definition) is 3. The van der Waals surface area contributed by atoms with E-state index in [1.54, 1.807) is 0 Å². The minimum absolute atomic E-state index is 0.118. The van der Waals surface area contributed by atoms with Crippen LogP contribution in [0.2, 0.25) is 0 Å². The van der Waals surface area contributed by atoms with E-state index in [9.17, 15) is 19.8 Å². The predicted molar refractivity (Wildman–Crippen MR) is 87.6 cm³/mol. The van der Waals surface area contributed by atoms with Gasteiger partial charge in [-0.2, -0.15) is 0 Å². The SMILES string of the molecule is CCCCCCC(C(=O)S)C(O)(CCCCCC)C(=O)O. The van der Waals surface area contributed by atoms with Gasteiger partial charge in [0.2, 0.25) is 0 Å². The number of carboxylic acid groups (broad SMARTS) is 1. The van der Waals surface area contributed by atoms with Crippen molar-refractivity contribution in [1.82, 2.24) is 0 Å². The Morgan fingerprint density at radius 3 is 1.95 bits per heavy atom. The highest BCUT2D eigenvalue weighted by Crippen LogP contribution is 2.31. The summed E-state index contributed by atoms with van der Waals surface area (Å²) in [6.07, 6.45) is 7.85. The molecule has 4 nitrogen and oxygen atoms in total. The van der Waals surface area contributed by atoms with Crippen LogP contribution in [0, 0.1) is 5.92 Å². The first kappa shape index (κ1) is 20.5. The average Bonchev–Trinajstić information content (AvgIpc) is 2.42. The molecule has 0 bridgehead atoms. The summed E-state index contributed by atoms with van der Waals surface area (Å²) in [6, 6.07) is 0. The molecule has 0 heterocycles. The molecule has 0 aromatic heterocycles. The van der Waals surface area contributed by atoms with Crippen molar-refractivity contribution in [2.75, 3.05) is 0 Å². The third kappa shape index (κ3) is 7.32. The Morgan fingerprint density at radius 2 is 1.52 bits per heavy atom. The van der Waals surface area contributed by atoms with Gasteiger partial charge in [-0.1, -0.05) is 58.8 Å². The topological polar surface area (TPSA) is 74.6 Å². The van der Waals surface area contributed by atoms with Crippen molar-refractivity contribution in [3.05, 3.63) is 0 Å².